The number of hydrogen-bond donors (Lipinski definition) is 0. The highest BCUT2D eigenvalue weighted by atomic mass is 35.5. The van der Waals surface area contributed by atoms with Gasteiger partial charge in [-0.2, -0.15) is 4.31 Å². The summed E-state index contributed by atoms with van der Waals surface area (Å²) in [7, 11) is -2.41. The molecule has 3 fully saturated rings. The first-order valence-corrected chi connectivity index (χ1v) is 15.4. The third-order valence-corrected chi connectivity index (χ3v) is 11.4. The minimum atomic E-state index is -3.88. The Hall–Kier alpha value is -1.72. The monoisotopic (exact) mass is 552 g/mol. The molecule has 0 unspecified atom stereocenters. The van der Waals surface area contributed by atoms with Crippen LogP contribution < -0.4 is 0 Å². The highest BCUT2D eigenvalue weighted by molar-refractivity contribution is 7.91. The van der Waals surface area contributed by atoms with Crippen LogP contribution in [-0.4, -0.2) is 97.6 Å². The molecule has 0 radical (unpaired) electrons. The van der Waals surface area contributed by atoms with E-state index in [1.165, 1.54) is 35.5 Å². The summed E-state index contributed by atoms with van der Waals surface area (Å²) in [5, 5.41) is 1.30. The van der Waals surface area contributed by atoms with E-state index in [-0.39, 0.29) is 28.6 Å². The smallest absolute Gasteiger partial charge is 0.253 e. The minimum absolute atomic E-state index is 0.0150. The van der Waals surface area contributed by atoms with Crippen molar-refractivity contribution in [2.24, 2.45) is 0 Å². The molecule has 3 aliphatic rings. The van der Waals surface area contributed by atoms with E-state index in [4.69, 9.17) is 11.6 Å². The van der Waals surface area contributed by atoms with Crippen LogP contribution in [0.2, 0.25) is 5.02 Å². The number of halogens is 1. The van der Waals surface area contributed by atoms with Gasteiger partial charge in [0.2, 0.25) is 11.8 Å². The second kappa shape index (κ2) is 10.6. The summed E-state index contributed by atoms with van der Waals surface area (Å²) in [6.07, 6.45) is 5.52. The van der Waals surface area contributed by atoms with E-state index in [0.717, 1.165) is 49.1 Å². The largest absolute Gasteiger partial charge is 0.337 e. The van der Waals surface area contributed by atoms with Gasteiger partial charge in [-0.05, 0) is 81.3 Å². The van der Waals surface area contributed by atoms with Crippen LogP contribution in [0.15, 0.2) is 28.5 Å². The van der Waals surface area contributed by atoms with Crippen LogP contribution in [0, 0.1) is 0 Å². The molecule has 3 saturated heterocycles. The molecular formula is C25H33ClN4O4S2. The van der Waals surface area contributed by atoms with Crippen molar-refractivity contribution < 1.29 is 18.0 Å². The van der Waals surface area contributed by atoms with Gasteiger partial charge in [0, 0.05) is 42.4 Å². The Morgan fingerprint density at radius 1 is 1.08 bits per heavy atom. The number of rotatable bonds is 7. The van der Waals surface area contributed by atoms with Crippen molar-refractivity contribution >= 4 is 54.9 Å². The van der Waals surface area contributed by atoms with Gasteiger partial charge in [-0.15, -0.1) is 11.3 Å². The summed E-state index contributed by atoms with van der Waals surface area (Å²) >= 11 is 7.23. The Labute approximate surface area is 221 Å². The molecule has 0 aliphatic carbocycles. The fraction of sp³-hybridized carbons (Fsp3) is 0.600. The number of amides is 2. The van der Waals surface area contributed by atoms with Crippen LogP contribution >= 0.6 is 22.9 Å². The molecule has 2 aromatic rings. The van der Waals surface area contributed by atoms with E-state index in [1.54, 1.807) is 29.2 Å². The normalized spacial score (nSPS) is 23.9. The molecule has 11 heteroatoms. The summed E-state index contributed by atoms with van der Waals surface area (Å²) in [4.78, 5) is 32.6. The van der Waals surface area contributed by atoms with Gasteiger partial charge < -0.3 is 14.7 Å². The first-order valence-electron chi connectivity index (χ1n) is 12.7. The average molecular weight is 553 g/mol. The summed E-state index contributed by atoms with van der Waals surface area (Å²) in [5.74, 6) is -0.322. The molecule has 2 atom stereocenters. The molecule has 196 valence electrons. The molecule has 4 heterocycles. The number of likely N-dealkylation sites (N-methyl/N-ethyl adjacent to an activating group) is 1. The number of thiophene rings is 1. The maximum atomic E-state index is 13.4. The quantitative estimate of drug-likeness (QED) is 0.527. The maximum Gasteiger partial charge on any atom is 0.253 e. The lowest BCUT2D eigenvalue weighted by Crippen LogP contribution is -2.55. The van der Waals surface area contributed by atoms with Crippen LogP contribution in [0.3, 0.4) is 0 Å². The van der Waals surface area contributed by atoms with Crippen LogP contribution in [-0.2, 0) is 19.6 Å². The number of likely N-dealkylation sites (tertiary alicyclic amines) is 3. The lowest BCUT2D eigenvalue weighted by atomic mass is 10.0. The SMILES string of the molecule is CN([C@H]1CCCN(CC(=O)N2CCC[C@H]2CN2CCCC2)C1=O)S(=O)(=O)c1cc2cc(Cl)ccc2s1. The van der Waals surface area contributed by atoms with Crippen molar-refractivity contribution in [3.63, 3.8) is 0 Å². The zero-order valence-electron chi connectivity index (χ0n) is 20.6. The molecule has 2 amide bonds. The predicted molar refractivity (Wildman–Crippen MR) is 142 cm³/mol. The van der Waals surface area contributed by atoms with Gasteiger partial charge in [0.1, 0.15) is 10.3 Å². The van der Waals surface area contributed by atoms with E-state index in [2.05, 4.69) is 4.90 Å². The van der Waals surface area contributed by atoms with Crippen molar-refractivity contribution in [3.05, 3.63) is 29.3 Å². The Morgan fingerprint density at radius 3 is 2.61 bits per heavy atom. The topological polar surface area (TPSA) is 81.2 Å². The first kappa shape index (κ1) is 25.9. The van der Waals surface area contributed by atoms with Crippen molar-refractivity contribution in [1.82, 2.24) is 19.0 Å². The molecule has 0 saturated carbocycles. The zero-order chi connectivity index (χ0) is 25.4. The summed E-state index contributed by atoms with van der Waals surface area (Å²) in [6, 6.07) is 6.27. The number of sulfonamides is 1. The van der Waals surface area contributed by atoms with Gasteiger partial charge in [-0.3, -0.25) is 9.59 Å². The predicted octanol–water partition coefficient (Wildman–Crippen LogP) is 3.25. The van der Waals surface area contributed by atoms with Crippen molar-refractivity contribution in [3.8, 4) is 0 Å². The number of fused-ring (bicyclic) bond motifs is 1. The summed E-state index contributed by atoms with van der Waals surface area (Å²) in [5.41, 5.74) is 0. The third-order valence-electron chi connectivity index (χ3n) is 7.72. The van der Waals surface area contributed by atoms with Crippen molar-refractivity contribution in [2.75, 3.05) is 46.3 Å². The van der Waals surface area contributed by atoms with Gasteiger partial charge in [0.05, 0.1) is 6.54 Å². The average Bonchev–Trinajstić information content (AvgIpc) is 3.61. The molecule has 0 bridgehead atoms. The standard InChI is InChI=1S/C25H33ClN4O4S2/c1-27(36(33,34)24-15-18-14-19(26)8-9-22(18)35-24)21-7-5-12-29(25(21)32)17-23(31)30-13-4-6-20(30)16-28-10-2-3-11-28/h8-9,14-15,20-21H,2-7,10-13,16-17H2,1H3/t20-,21-/m0/s1. The third kappa shape index (κ3) is 5.15. The number of piperidine rings is 1. The van der Waals surface area contributed by atoms with Crippen molar-refractivity contribution in [1.29, 1.82) is 0 Å². The highest BCUT2D eigenvalue weighted by Gasteiger charge is 2.40. The fourth-order valence-electron chi connectivity index (χ4n) is 5.71. The van der Waals surface area contributed by atoms with Crippen LogP contribution in [0.1, 0.15) is 38.5 Å². The molecule has 3 aliphatic heterocycles. The second-order valence-corrected chi connectivity index (χ2v) is 13.8. The molecular weight excluding hydrogens is 520 g/mol. The lowest BCUT2D eigenvalue weighted by molar-refractivity contribution is -0.145. The Kier molecular flexibility index (Phi) is 7.61. The first-order chi connectivity index (χ1) is 17.2. The van der Waals surface area contributed by atoms with Gasteiger partial charge in [-0.1, -0.05) is 11.6 Å². The van der Waals surface area contributed by atoms with Crippen molar-refractivity contribution in [2.45, 2.75) is 54.8 Å². The molecule has 0 spiro atoms. The van der Waals surface area contributed by atoms with E-state index >= 15 is 0 Å². The molecule has 1 aromatic heterocycles. The maximum absolute atomic E-state index is 13.4. The minimum Gasteiger partial charge on any atom is -0.337 e. The lowest BCUT2D eigenvalue weighted by Gasteiger charge is -2.37. The highest BCUT2D eigenvalue weighted by Crippen LogP contribution is 2.34. The van der Waals surface area contributed by atoms with E-state index in [1.807, 2.05) is 4.90 Å². The number of benzene rings is 1. The number of carbonyl (C=O) groups is 2. The van der Waals surface area contributed by atoms with Gasteiger partial charge in [0.15, 0.2) is 0 Å². The van der Waals surface area contributed by atoms with E-state index in [0.29, 0.717) is 24.4 Å². The molecule has 1 aromatic carbocycles. The zero-order valence-corrected chi connectivity index (χ0v) is 23.0. The van der Waals surface area contributed by atoms with Crippen LogP contribution in [0.5, 0.6) is 0 Å². The van der Waals surface area contributed by atoms with Gasteiger partial charge in [0.25, 0.3) is 10.0 Å². The summed E-state index contributed by atoms with van der Waals surface area (Å²) < 4.78 is 29.1. The van der Waals surface area contributed by atoms with Crippen LogP contribution in [0.4, 0.5) is 0 Å². The Bertz CT molecular complexity index is 1240. The van der Waals surface area contributed by atoms with E-state index in [9.17, 15) is 18.0 Å². The second-order valence-electron chi connectivity index (χ2n) is 10.1. The number of hydrogen-bond acceptors (Lipinski definition) is 6. The molecule has 5 rings (SSSR count). The fourth-order valence-corrected chi connectivity index (χ4v) is 8.80. The Balaban J connectivity index is 1.26. The van der Waals surface area contributed by atoms with E-state index < -0.39 is 16.1 Å². The molecule has 36 heavy (non-hydrogen) atoms. The van der Waals surface area contributed by atoms with Gasteiger partial charge in [-0.25, -0.2) is 8.42 Å². The number of carbonyl (C=O) groups excluding carboxylic acids is 2. The number of nitrogens with zero attached hydrogens (tertiary/aromatic N) is 4. The molecule has 0 N–H and O–H groups in total. The van der Waals surface area contributed by atoms with Gasteiger partial charge >= 0.3 is 0 Å². The Morgan fingerprint density at radius 2 is 1.83 bits per heavy atom. The summed E-state index contributed by atoms with van der Waals surface area (Å²) in [6.45, 7) is 4.32. The van der Waals surface area contributed by atoms with Crippen LogP contribution in [0.25, 0.3) is 10.1 Å². The molecule has 8 nitrogen and oxygen atoms in total.